The molecule has 7 heteroatoms. The summed E-state index contributed by atoms with van der Waals surface area (Å²) in [6.07, 6.45) is 3.28. The second-order valence-electron chi connectivity index (χ2n) is 7.30. The average molecular weight is 430 g/mol. The van der Waals surface area contributed by atoms with Crippen LogP contribution in [0.2, 0.25) is 0 Å². The molecule has 1 aliphatic rings. The molecule has 162 valence electrons. The monoisotopic (exact) mass is 430 g/mol. The van der Waals surface area contributed by atoms with Crippen LogP contribution >= 0.6 is 0 Å². The number of pyridine rings is 1. The SMILES string of the molecule is COc1cccc(C(O)=C2C(=O)C(=O)N(Cc3cccnc3)[C@H]2c2cccc(OC)c2)c1. The molecule has 7 nitrogen and oxygen atoms in total. The number of hydrogen-bond donors (Lipinski definition) is 1. The maximum atomic E-state index is 13.1. The van der Waals surface area contributed by atoms with Gasteiger partial charge in [-0.1, -0.05) is 30.3 Å². The van der Waals surface area contributed by atoms with Gasteiger partial charge in [-0.05, 0) is 41.5 Å². The number of aromatic nitrogens is 1. The molecule has 1 atom stereocenters. The van der Waals surface area contributed by atoms with E-state index in [2.05, 4.69) is 4.98 Å². The first-order chi connectivity index (χ1) is 15.5. The van der Waals surface area contributed by atoms with Crippen molar-refractivity contribution in [3.05, 3.63) is 95.3 Å². The van der Waals surface area contributed by atoms with E-state index < -0.39 is 17.7 Å². The molecule has 1 N–H and O–H groups in total. The van der Waals surface area contributed by atoms with E-state index in [1.54, 1.807) is 74.1 Å². The molecule has 2 aromatic carbocycles. The van der Waals surface area contributed by atoms with Crippen LogP contribution in [0.25, 0.3) is 5.76 Å². The van der Waals surface area contributed by atoms with Gasteiger partial charge in [-0.25, -0.2) is 0 Å². The predicted octanol–water partition coefficient (Wildman–Crippen LogP) is 3.72. The summed E-state index contributed by atoms with van der Waals surface area (Å²) in [5, 5.41) is 11.2. The highest BCUT2D eigenvalue weighted by molar-refractivity contribution is 6.46. The van der Waals surface area contributed by atoms with E-state index in [1.807, 2.05) is 6.07 Å². The lowest BCUT2D eigenvalue weighted by atomic mass is 9.95. The fourth-order valence-corrected chi connectivity index (χ4v) is 3.82. The fraction of sp³-hybridized carbons (Fsp3) is 0.160. The highest BCUT2D eigenvalue weighted by Crippen LogP contribution is 2.41. The number of likely N-dealkylation sites (tertiary alicyclic amines) is 1. The summed E-state index contributed by atoms with van der Waals surface area (Å²) in [6.45, 7) is 0.162. The van der Waals surface area contributed by atoms with Crippen molar-refractivity contribution in [2.24, 2.45) is 0 Å². The van der Waals surface area contributed by atoms with Crippen molar-refractivity contribution in [1.82, 2.24) is 9.88 Å². The first kappa shape index (κ1) is 21.1. The Morgan fingerprint density at radius 3 is 2.41 bits per heavy atom. The van der Waals surface area contributed by atoms with Gasteiger partial charge < -0.3 is 19.5 Å². The molecule has 1 saturated heterocycles. The summed E-state index contributed by atoms with van der Waals surface area (Å²) in [6, 6.07) is 16.6. The third-order valence-corrected chi connectivity index (χ3v) is 5.37. The molecule has 2 heterocycles. The lowest BCUT2D eigenvalue weighted by Gasteiger charge is -2.25. The van der Waals surface area contributed by atoms with Crippen LogP contribution in [0.4, 0.5) is 0 Å². The number of hydrogen-bond acceptors (Lipinski definition) is 6. The number of rotatable bonds is 6. The summed E-state index contributed by atoms with van der Waals surface area (Å²) in [7, 11) is 3.06. The zero-order valence-corrected chi connectivity index (χ0v) is 17.7. The van der Waals surface area contributed by atoms with Crippen molar-refractivity contribution < 1.29 is 24.2 Å². The van der Waals surface area contributed by atoms with Gasteiger partial charge in [0, 0.05) is 24.5 Å². The van der Waals surface area contributed by atoms with Crippen LogP contribution < -0.4 is 9.47 Å². The zero-order valence-electron chi connectivity index (χ0n) is 17.7. The summed E-state index contributed by atoms with van der Waals surface area (Å²) in [5.74, 6) is -0.593. The molecule has 1 aromatic heterocycles. The van der Waals surface area contributed by atoms with Gasteiger partial charge in [0.2, 0.25) is 0 Å². The molecule has 0 saturated carbocycles. The number of benzene rings is 2. The fourth-order valence-electron chi connectivity index (χ4n) is 3.82. The average Bonchev–Trinajstić information content (AvgIpc) is 3.09. The molecule has 1 aliphatic heterocycles. The van der Waals surface area contributed by atoms with Crippen molar-refractivity contribution in [1.29, 1.82) is 0 Å². The van der Waals surface area contributed by atoms with E-state index in [9.17, 15) is 14.7 Å². The van der Waals surface area contributed by atoms with Gasteiger partial charge in [0.05, 0.1) is 25.8 Å². The minimum atomic E-state index is -0.795. The number of ketones is 1. The van der Waals surface area contributed by atoms with Crippen LogP contribution in [-0.4, -0.2) is 40.9 Å². The predicted molar refractivity (Wildman–Crippen MR) is 118 cm³/mol. The van der Waals surface area contributed by atoms with E-state index in [0.717, 1.165) is 5.56 Å². The molecule has 0 bridgehead atoms. The molecule has 1 fully saturated rings. The van der Waals surface area contributed by atoms with Crippen LogP contribution in [0.1, 0.15) is 22.7 Å². The Morgan fingerprint density at radius 1 is 1.00 bits per heavy atom. The van der Waals surface area contributed by atoms with E-state index in [0.29, 0.717) is 22.6 Å². The molecule has 4 rings (SSSR count). The Balaban J connectivity index is 1.88. The van der Waals surface area contributed by atoms with Crippen LogP contribution in [0.15, 0.2) is 78.6 Å². The maximum absolute atomic E-state index is 13.1. The summed E-state index contributed by atoms with van der Waals surface area (Å²) >= 11 is 0. The molecule has 0 aliphatic carbocycles. The quantitative estimate of drug-likeness (QED) is 0.364. The Kier molecular flexibility index (Phi) is 5.89. The number of Topliss-reactive ketones (excluding diaryl/α,β-unsaturated/α-hetero) is 1. The summed E-state index contributed by atoms with van der Waals surface area (Å²) in [4.78, 5) is 31.7. The molecule has 0 spiro atoms. The minimum Gasteiger partial charge on any atom is -0.507 e. The van der Waals surface area contributed by atoms with Gasteiger partial charge in [-0.2, -0.15) is 0 Å². The lowest BCUT2D eigenvalue weighted by molar-refractivity contribution is -0.140. The zero-order chi connectivity index (χ0) is 22.7. The number of aliphatic hydroxyl groups is 1. The molecular weight excluding hydrogens is 408 g/mol. The number of nitrogens with zero attached hydrogens (tertiary/aromatic N) is 2. The molecular formula is C25H22N2O5. The van der Waals surface area contributed by atoms with Gasteiger partial charge in [0.15, 0.2) is 0 Å². The number of carbonyl (C=O) groups is 2. The van der Waals surface area contributed by atoms with Gasteiger partial charge in [-0.3, -0.25) is 14.6 Å². The van der Waals surface area contributed by atoms with Gasteiger partial charge >= 0.3 is 0 Å². The standard InChI is InChI=1S/C25H22N2O5/c1-31-19-9-3-7-17(12-19)22-21(23(28)18-8-4-10-20(13-18)32-2)24(29)25(30)27(22)15-16-6-5-11-26-14-16/h3-14,22,28H,15H2,1-2H3/t22-/m0/s1. The lowest BCUT2D eigenvalue weighted by Crippen LogP contribution is -2.29. The minimum absolute atomic E-state index is 0.0143. The third kappa shape index (κ3) is 3.92. The Labute approximate surface area is 185 Å². The summed E-state index contributed by atoms with van der Waals surface area (Å²) in [5.41, 5.74) is 1.82. The Bertz CT molecular complexity index is 1190. The normalized spacial score (nSPS) is 17.4. The van der Waals surface area contributed by atoms with E-state index in [4.69, 9.17) is 9.47 Å². The van der Waals surface area contributed by atoms with Gasteiger partial charge in [-0.15, -0.1) is 0 Å². The molecule has 0 unspecified atom stereocenters. The maximum Gasteiger partial charge on any atom is 0.295 e. The largest absolute Gasteiger partial charge is 0.507 e. The molecule has 32 heavy (non-hydrogen) atoms. The first-order valence-corrected chi connectivity index (χ1v) is 9.99. The highest BCUT2D eigenvalue weighted by atomic mass is 16.5. The number of ether oxygens (including phenoxy) is 2. The molecule has 0 radical (unpaired) electrons. The van der Waals surface area contributed by atoms with Crippen molar-refractivity contribution >= 4 is 17.4 Å². The van der Waals surface area contributed by atoms with Crippen molar-refractivity contribution in [3.8, 4) is 11.5 Å². The van der Waals surface area contributed by atoms with Crippen LogP contribution in [0.5, 0.6) is 11.5 Å². The van der Waals surface area contributed by atoms with Crippen molar-refractivity contribution in [3.63, 3.8) is 0 Å². The van der Waals surface area contributed by atoms with Gasteiger partial charge in [0.1, 0.15) is 17.3 Å². The van der Waals surface area contributed by atoms with E-state index >= 15 is 0 Å². The smallest absolute Gasteiger partial charge is 0.295 e. The van der Waals surface area contributed by atoms with E-state index in [1.165, 1.54) is 12.0 Å². The van der Waals surface area contributed by atoms with Crippen molar-refractivity contribution in [2.75, 3.05) is 14.2 Å². The Morgan fingerprint density at radius 2 is 1.72 bits per heavy atom. The van der Waals surface area contributed by atoms with Gasteiger partial charge in [0.25, 0.3) is 11.7 Å². The Hall–Kier alpha value is -4.13. The van der Waals surface area contributed by atoms with Crippen LogP contribution in [0.3, 0.4) is 0 Å². The van der Waals surface area contributed by atoms with Crippen LogP contribution in [-0.2, 0) is 16.1 Å². The second-order valence-corrected chi connectivity index (χ2v) is 7.30. The molecule has 1 amide bonds. The third-order valence-electron chi connectivity index (χ3n) is 5.37. The topological polar surface area (TPSA) is 89.0 Å². The van der Waals surface area contributed by atoms with E-state index in [-0.39, 0.29) is 17.9 Å². The first-order valence-electron chi connectivity index (χ1n) is 9.99. The number of methoxy groups -OCH3 is 2. The highest BCUT2D eigenvalue weighted by Gasteiger charge is 2.46. The number of amides is 1. The number of carbonyl (C=O) groups excluding carboxylic acids is 2. The second kappa shape index (κ2) is 8.93. The molecule has 3 aromatic rings. The van der Waals surface area contributed by atoms with Crippen LogP contribution in [0, 0.1) is 0 Å². The van der Waals surface area contributed by atoms with Crippen molar-refractivity contribution in [2.45, 2.75) is 12.6 Å². The summed E-state index contributed by atoms with van der Waals surface area (Å²) < 4.78 is 10.6. The number of aliphatic hydroxyl groups excluding tert-OH is 1.